The standard InChI is InChI=1S/C13H22N2O6S2/c1-21-11-9-15(8-10-16)22(17,18)12-7-14-23(19,20)13-5-3-2-4-6-13/h2-6,14,16H,7-12H2,1H3. The molecule has 0 amide bonds. The Morgan fingerprint density at radius 2 is 1.78 bits per heavy atom. The van der Waals surface area contributed by atoms with Crippen LogP contribution in [0.4, 0.5) is 0 Å². The molecule has 0 aliphatic rings. The third-order valence-corrected chi connectivity index (χ3v) is 6.34. The number of hydrogen-bond donors (Lipinski definition) is 2. The van der Waals surface area contributed by atoms with Crippen LogP contribution in [0.2, 0.25) is 0 Å². The fourth-order valence-electron chi connectivity index (χ4n) is 1.81. The van der Waals surface area contributed by atoms with E-state index in [1.54, 1.807) is 18.2 Å². The van der Waals surface area contributed by atoms with Gasteiger partial charge in [-0.3, -0.25) is 0 Å². The lowest BCUT2D eigenvalue weighted by Crippen LogP contribution is -2.40. The van der Waals surface area contributed by atoms with Crippen LogP contribution in [0, 0.1) is 0 Å². The van der Waals surface area contributed by atoms with Crippen molar-refractivity contribution in [3.63, 3.8) is 0 Å². The molecule has 0 aliphatic heterocycles. The molecular formula is C13H22N2O6S2. The number of benzene rings is 1. The van der Waals surface area contributed by atoms with Crippen molar-refractivity contribution < 1.29 is 26.7 Å². The maximum absolute atomic E-state index is 12.2. The van der Waals surface area contributed by atoms with Gasteiger partial charge in [-0.1, -0.05) is 18.2 Å². The Hall–Kier alpha value is -1.04. The summed E-state index contributed by atoms with van der Waals surface area (Å²) in [6, 6.07) is 7.70. The number of methoxy groups -OCH3 is 1. The smallest absolute Gasteiger partial charge is 0.240 e. The summed E-state index contributed by atoms with van der Waals surface area (Å²) in [5, 5.41) is 8.94. The van der Waals surface area contributed by atoms with Crippen LogP contribution in [0.25, 0.3) is 0 Å². The molecule has 0 saturated carbocycles. The molecule has 0 fully saturated rings. The van der Waals surface area contributed by atoms with Crippen LogP contribution in [0.5, 0.6) is 0 Å². The third kappa shape index (κ3) is 6.53. The zero-order valence-electron chi connectivity index (χ0n) is 12.9. The van der Waals surface area contributed by atoms with E-state index in [9.17, 15) is 16.8 Å². The topological polar surface area (TPSA) is 113 Å². The van der Waals surface area contributed by atoms with Gasteiger partial charge in [0.1, 0.15) is 0 Å². The second kappa shape index (κ2) is 9.30. The van der Waals surface area contributed by atoms with E-state index in [1.807, 2.05) is 0 Å². The Morgan fingerprint density at radius 1 is 1.13 bits per heavy atom. The number of ether oxygens (including phenoxy) is 1. The average molecular weight is 366 g/mol. The summed E-state index contributed by atoms with van der Waals surface area (Å²) in [6.07, 6.45) is 0. The predicted molar refractivity (Wildman–Crippen MR) is 86.0 cm³/mol. The third-order valence-electron chi connectivity index (χ3n) is 2.99. The van der Waals surface area contributed by atoms with Crippen LogP contribution in [0.3, 0.4) is 0 Å². The van der Waals surface area contributed by atoms with Crippen molar-refractivity contribution >= 4 is 20.0 Å². The first-order valence-electron chi connectivity index (χ1n) is 6.96. The first kappa shape index (κ1) is 20.0. The highest BCUT2D eigenvalue weighted by Gasteiger charge is 2.22. The molecule has 2 N–H and O–H groups in total. The van der Waals surface area contributed by atoms with Crippen LogP contribution >= 0.6 is 0 Å². The van der Waals surface area contributed by atoms with Gasteiger partial charge in [0.25, 0.3) is 0 Å². The summed E-state index contributed by atoms with van der Waals surface area (Å²) in [4.78, 5) is 0.0731. The van der Waals surface area contributed by atoms with Gasteiger partial charge < -0.3 is 9.84 Å². The van der Waals surface area contributed by atoms with Crippen LogP contribution < -0.4 is 4.72 Å². The van der Waals surface area contributed by atoms with Gasteiger partial charge in [-0.2, -0.15) is 4.31 Å². The van der Waals surface area contributed by atoms with Gasteiger partial charge in [0.2, 0.25) is 20.0 Å². The highest BCUT2D eigenvalue weighted by Crippen LogP contribution is 2.07. The molecule has 1 aromatic carbocycles. The van der Waals surface area contributed by atoms with Crippen LogP contribution in [-0.4, -0.2) is 72.0 Å². The zero-order valence-corrected chi connectivity index (χ0v) is 14.5. The van der Waals surface area contributed by atoms with Gasteiger partial charge in [-0.05, 0) is 12.1 Å². The molecule has 132 valence electrons. The first-order valence-corrected chi connectivity index (χ1v) is 10.0. The largest absolute Gasteiger partial charge is 0.395 e. The number of aliphatic hydroxyl groups is 1. The SMILES string of the molecule is COCCN(CCO)S(=O)(=O)CCNS(=O)(=O)c1ccccc1. The van der Waals surface area contributed by atoms with Crippen LogP contribution in [0.15, 0.2) is 35.2 Å². The van der Waals surface area contributed by atoms with Gasteiger partial charge in [0, 0.05) is 26.7 Å². The van der Waals surface area contributed by atoms with E-state index in [1.165, 1.54) is 19.2 Å². The summed E-state index contributed by atoms with van der Waals surface area (Å²) in [7, 11) is -6.00. The summed E-state index contributed by atoms with van der Waals surface area (Å²) < 4.78 is 56.5. The molecule has 10 heteroatoms. The van der Waals surface area contributed by atoms with Gasteiger partial charge in [-0.25, -0.2) is 21.6 Å². The lowest BCUT2D eigenvalue weighted by Gasteiger charge is -2.20. The van der Waals surface area contributed by atoms with Crippen molar-refractivity contribution in [2.24, 2.45) is 0 Å². The lowest BCUT2D eigenvalue weighted by molar-refractivity contribution is 0.168. The minimum atomic E-state index is -3.74. The molecule has 0 unspecified atom stereocenters. The van der Waals surface area contributed by atoms with E-state index in [0.29, 0.717) is 0 Å². The van der Waals surface area contributed by atoms with Crippen molar-refractivity contribution in [1.82, 2.24) is 9.03 Å². The van der Waals surface area contributed by atoms with Gasteiger partial charge in [-0.15, -0.1) is 0 Å². The number of aliphatic hydroxyl groups excluding tert-OH is 1. The van der Waals surface area contributed by atoms with E-state index < -0.39 is 25.8 Å². The van der Waals surface area contributed by atoms with Crippen molar-refractivity contribution in [2.45, 2.75) is 4.90 Å². The van der Waals surface area contributed by atoms with Gasteiger partial charge >= 0.3 is 0 Å². The van der Waals surface area contributed by atoms with Gasteiger partial charge in [0.15, 0.2) is 0 Å². The number of hydrogen-bond acceptors (Lipinski definition) is 6. The van der Waals surface area contributed by atoms with E-state index >= 15 is 0 Å². The molecule has 0 heterocycles. The summed E-state index contributed by atoms with van der Waals surface area (Å²) in [5.41, 5.74) is 0. The Kier molecular flexibility index (Phi) is 8.09. The summed E-state index contributed by atoms with van der Waals surface area (Å²) in [6.45, 7) is -0.343. The zero-order chi connectivity index (χ0) is 17.3. The van der Waals surface area contributed by atoms with Crippen molar-refractivity contribution in [2.75, 3.05) is 45.7 Å². The number of nitrogens with one attached hydrogen (secondary N) is 1. The first-order chi connectivity index (χ1) is 10.8. The molecule has 0 aromatic heterocycles. The molecular weight excluding hydrogens is 344 g/mol. The molecule has 1 aromatic rings. The molecule has 0 bridgehead atoms. The Balaban J connectivity index is 2.65. The molecule has 1 rings (SSSR count). The van der Waals surface area contributed by atoms with E-state index in [4.69, 9.17) is 9.84 Å². The normalized spacial score (nSPS) is 12.7. The number of nitrogens with zero attached hydrogens (tertiary/aromatic N) is 1. The Bertz CT molecular complexity index is 661. The Morgan fingerprint density at radius 3 is 2.35 bits per heavy atom. The van der Waals surface area contributed by atoms with E-state index in [0.717, 1.165) is 4.31 Å². The highest BCUT2D eigenvalue weighted by atomic mass is 32.2. The monoisotopic (exact) mass is 366 g/mol. The minimum Gasteiger partial charge on any atom is -0.395 e. The summed E-state index contributed by atoms with van der Waals surface area (Å²) >= 11 is 0. The van der Waals surface area contributed by atoms with E-state index in [-0.39, 0.29) is 37.7 Å². The quantitative estimate of drug-likeness (QED) is 0.532. The van der Waals surface area contributed by atoms with Crippen molar-refractivity contribution in [3.8, 4) is 0 Å². The number of sulfonamides is 2. The highest BCUT2D eigenvalue weighted by molar-refractivity contribution is 7.90. The second-order valence-corrected chi connectivity index (χ2v) is 8.50. The van der Waals surface area contributed by atoms with E-state index in [2.05, 4.69) is 4.72 Å². The maximum atomic E-state index is 12.2. The van der Waals surface area contributed by atoms with Gasteiger partial charge in [0.05, 0.1) is 23.9 Å². The minimum absolute atomic E-state index is 0.0584. The second-order valence-electron chi connectivity index (χ2n) is 4.64. The average Bonchev–Trinajstić information content (AvgIpc) is 2.51. The van der Waals surface area contributed by atoms with Crippen molar-refractivity contribution in [3.05, 3.63) is 30.3 Å². The summed E-state index contributed by atoms with van der Waals surface area (Å²) in [5.74, 6) is -0.400. The maximum Gasteiger partial charge on any atom is 0.240 e. The molecule has 0 saturated heterocycles. The molecule has 0 aliphatic carbocycles. The molecule has 8 nitrogen and oxygen atoms in total. The van der Waals surface area contributed by atoms with Crippen molar-refractivity contribution in [1.29, 1.82) is 0 Å². The predicted octanol–water partition coefficient (Wildman–Crippen LogP) is -0.765. The number of rotatable bonds is 11. The fraction of sp³-hybridized carbons (Fsp3) is 0.538. The van der Waals surface area contributed by atoms with Crippen LogP contribution in [0.1, 0.15) is 0 Å². The molecule has 0 spiro atoms. The van der Waals surface area contributed by atoms with Crippen LogP contribution in [-0.2, 0) is 24.8 Å². The molecule has 0 radical (unpaired) electrons. The molecule has 0 atom stereocenters. The fourth-order valence-corrected chi connectivity index (χ4v) is 4.32. The Labute approximate surface area is 137 Å². The molecule has 23 heavy (non-hydrogen) atoms. The lowest BCUT2D eigenvalue weighted by atomic mass is 10.4.